The number of carbonyl (C=O) groups excluding carboxylic acids is 2. The van der Waals surface area contributed by atoms with E-state index in [2.05, 4.69) is 15.6 Å². The summed E-state index contributed by atoms with van der Waals surface area (Å²) in [6, 6.07) is 12.6. The number of carbonyl (C=O) groups is 2. The largest absolute Gasteiger partial charge is 0.496 e. The van der Waals surface area contributed by atoms with Crippen LogP contribution in [0.5, 0.6) is 5.75 Å². The highest BCUT2D eigenvalue weighted by Crippen LogP contribution is 2.19. The Kier molecular flexibility index (Phi) is 4.74. The molecule has 0 radical (unpaired) electrons. The van der Waals surface area contributed by atoms with Gasteiger partial charge in [0.1, 0.15) is 17.1 Å². The number of pyridine rings is 1. The summed E-state index contributed by atoms with van der Waals surface area (Å²) in [7, 11) is 1.59. The number of methoxy groups -OCH3 is 1. The Balaban J connectivity index is 1.65. The lowest BCUT2D eigenvalue weighted by atomic mass is 10.2. The van der Waals surface area contributed by atoms with Gasteiger partial charge in [-0.25, -0.2) is 4.98 Å². The number of benzene rings is 1. The maximum absolute atomic E-state index is 12.3. The number of hydrogen-bond acceptors (Lipinski definition) is 4. The Morgan fingerprint density at radius 3 is 2.50 bits per heavy atom. The second-order valence-electron chi connectivity index (χ2n) is 5.65. The molecule has 0 spiro atoms. The van der Waals surface area contributed by atoms with Crippen LogP contribution < -0.4 is 15.4 Å². The van der Waals surface area contributed by atoms with Crippen LogP contribution >= 0.6 is 0 Å². The number of aromatic nitrogens is 1. The van der Waals surface area contributed by atoms with E-state index in [-0.39, 0.29) is 29.2 Å². The van der Waals surface area contributed by atoms with Crippen LogP contribution in [0.1, 0.15) is 39.4 Å². The minimum atomic E-state index is -0.332. The van der Waals surface area contributed by atoms with Crippen LogP contribution in [-0.4, -0.2) is 29.9 Å². The van der Waals surface area contributed by atoms with E-state index in [1.165, 1.54) is 0 Å². The van der Waals surface area contributed by atoms with Gasteiger partial charge in [-0.1, -0.05) is 24.3 Å². The highest BCUT2D eigenvalue weighted by molar-refractivity contribution is 5.96. The second-order valence-corrected chi connectivity index (χ2v) is 5.65. The van der Waals surface area contributed by atoms with Crippen LogP contribution in [0.3, 0.4) is 0 Å². The van der Waals surface area contributed by atoms with Crippen molar-refractivity contribution in [2.75, 3.05) is 7.11 Å². The second kappa shape index (κ2) is 7.12. The molecule has 1 heterocycles. The van der Waals surface area contributed by atoms with Gasteiger partial charge in [-0.05, 0) is 31.0 Å². The molecule has 2 amide bonds. The fourth-order valence-electron chi connectivity index (χ4n) is 2.29. The van der Waals surface area contributed by atoms with Crippen molar-refractivity contribution in [1.29, 1.82) is 0 Å². The number of nitrogens with zero attached hydrogens (tertiary/aromatic N) is 1. The highest BCUT2D eigenvalue weighted by Gasteiger charge is 2.24. The molecule has 24 heavy (non-hydrogen) atoms. The molecule has 1 fully saturated rings. The maximum atomic E-state index is 12.3. The quantitative estimate of drug-likeness (QED) is 0.850. The third-order valence-electron chi connectivity index (χ3n) is 3.76. The summed E-state index contributed by atoms with van der Waals surface area (Å²) in [5.74, 6) is 0.141. The molecule has 0 unspecified atom stereocenters. The van der Waals surface area contributed by atoms with E-state index >= 15 is 0 Å². The Morgan fingerprint density at radius 2 is 1.79 bits per heavy atom. The number of hydrogen-bond donors (Lipinski definition) is 2. The standard InChI is InChI=1S/C18H19N3O3/c1-24-16-8-3-2-5-12(16)11-19-17(22)14-6-4-7-15(21-14)18(23)20-13-9-10-13/h2-8,13H,9-11H2,1H3,(H,19,22)(H,20,23). The van der Waals surface area contributed by atoms with Crippen molar-refractivity contribution < 1.29 is 14.3 Å². The molecule has 124 valence electrons. The molecule has 1 aromatic heterocycles. The predicted molar refractivity (Wildman–Crippen MR) is 88.9 cm³/mol. The van der Waals surface area contributed by atoms with Crippen LogP contribution in [0.2, 0.25) is 0 Å². The van der Waals surface area contributed by atoms with E-state index in [4.69, 9.17) is 4.74 Å². The van der Waals surface area contributed by atoms with E-state index in [0.29, 0.717) is 12.3 Å². The average Bonchev–Trinajstić information content (AvgIpc) is 3.44. The molecular weight excluding hydrogens is 306 g/mol. The smallest absolute Gasteiger partial charge is 0.270 e. The Bertz CT molecular complexity index is 757. The molecule has 0 aliphatic heterocycles. The number of ether oxygens (including phenoxy) is 1. The van der Waals surface area contributed by atoms with Gasteiger partial charge < -0.3 is 15.4 Å². The molecule has 2 N–H and O–H groups in total. The first kappa shape index (κ1) is 16.0. The summed E-state index contributed by atoms with van der Waals surface area (Å²) in [4.78, 5) is 28.4. The first-order valence-electron chi connectivity index (χ1n) is 7.85. The van der Waals surface area contributed by atoms with Crippen LogP contribution in [0.4, 0.5) is 0 Å². The van der Waals surface area contributed by atoms with Crippen LogP contribution in [0.15, 0.2) is 42.5 Å². The lowest BCUT2D eigenvalue weighted by molar-refractivity contribution is 0.0941. The van der Waals surface area contributed by atoms with E-state index in [0.717, 1.165) is 18.4 Å². The number of para-hydroxylation sites is 1. The molecule has 3 rings (SSSR count). The summed E-state index contributed by atoms with van der Waals surface area (Å²) in [6.45, 7) is 0.322. The molecule has 6 heteroatoms. The zero-order chi connectivity index (χ0) is 16.9. The van der Waals surface area contributed by atoms with Gasteiger partial charge in [0.2, 0.25) is 0 Å². The van der Waals surface area contributed by atoms with Gasteiger partial charge in [-0.2, -0.15) is 0 Å². The number of rotatable bonds is 6. The van der Waals surface area contributed by atoms with E-state index in [1.54, 1.807) is 25.3 Å². The molecule has 1 aliphatic rings. The SMILES string of the molecule is COc1ccccc1CNC(=O)c1cccc(C(=O)NC2CC2)n1. The van der Waals surface area contributed by atoms with E-state index in [9.17, 15) is 9.59 Å². The first-order chi connectivity index (χ1) is 11.7. The third kappa shape index (κ3) is 3.90. The van der Waals surface area contributed by atoms with Gasteiger partial charge in [0.15, 0.2) is 0 Å². The fourth-order valence-corrected chi connectivity index (χ4v) is 2.29. The van der Waals surface area contributed by atoms with Crippen molar-refractivity contribution in [2.45, 2.75) is 25.4 Å². The number of amides is 2. The van der Waals surface area contributed by atoms with Gasteiger partial charge in [0.25, 0.3) is 11.8 Å². The predicted octanol–water partition coefficient (Wildman–Crippen LogP) is 1.91. The zero-order valence-corrected chi connectivity index (χ0v) is 13.4. The summed E-state index contributed by atoms with van der Waals surface area (Å²) >= 11 is 0. The lowest BCUT2D eigenvalue weighted by Gasteiger charge is -2.10. The maximum Gasteiger partial charge on any atom is 0.270 e. The van der Waals surface area contributed by atoms with Crippen molar-refractivity contribution >= 4 is 11.8 Å². The summed E-state index contributed by atoms with van der Waals surface area (Å²) in [5, 5.41) is 5.66. The van der Waals surface area contributed by atoms with Gasteiger partial charge in [0, 0.05) is 18.2 Å². The first-order valence-corrected chi connectivity index (χ1v) is 7.85. The summed E-state index contributed by atoms with van der Waals surface area (Å²) in [6.07, 6.45) is 2.01. The Morgan fingerprint density at radius 1 is 1.08 bits per heavy atom. The fraction of sp³-hybridized carbons (Fsp3) is 0.278. The van der Waals surface area contributed by atoms with Crippen molar-refractivity contribution in [2.24, 2.45) is 0 Å². The van der Waals surface area contributed by atoms with Crippen LogP contribution in [-0.2, 0) is 6.54 Å². The van der Waals surface area contributed by atoms with Crippen molar-refractivity contribution in [3.05, 3.63) is 59.4 Å². The molecule has 1 saturated carbocycles. The minimum Gasteiger partial charge on any atom is -0.496 e. The summed E-state index contributed by atoms with van der Waals surface area (Å²) in [5.41, 5.74) is 1.34. The molecule has 1 aliphatic carbocycles. The van der Waals surface area contributed by atoms with Gasteiger partial charge >= 0.3 is 0 Å². The molecular formula is C18H19N3O3. The number of nitrogens with one attached hydrogen (secondary N) is 2. The Hall–Kier alpha value is -2.89. The Labute approximate surface area is 140 Å². The van der Waals surface area contributed by atoms with Crippen molar-refractivity contribution in [3.63, 3.8) is 0 Å². The normalized spacial score (nSPS) is 13.2. The monoisotopic (exact) mass is 325 g/mol. The topological polar surface area (TPSA) is 80.3 Å². The van der Waals surface area contributed by atoms with E-state index < -0.39 is 0 Å². The van der Waals surface area contributed by atoms with Gasteiger partial charge in [-0.3, -0.25) is 9.59 Å². The van der Waals surface area contributed by atoms with Crippen molar-refractivity contribution in [3.8, 4) is 5.75 Å². The third-order valence-corrected chi connectivity index (χ3v) is 3.76. The van der Waals surface area contributed by atoms with E-state index in [1.807, 2.05) is 24.3 Å². The molecule has 0 atom stereocenters. The van der Waals surface area contributed by atoms with Crippen LogP contribution in [0, 0.1) is 0 Å². The molecule has 1 aromatic carbocycles. The minimum absolute atomic E-state index is 0.216. The van der Waals surface area contributed by atoms with Crippen molar-refractivity contribution in [1.82, 2.24) is 15.6 Å². The van der Waals surface area contributed by atoms with Gasteiger partial charge in [-0.15, -0.1) is 0 Å². The highest BCUT2D eigenvalue weighted by atomic mass is 16.5. The average molecular weight is 325 g/mol. The lowest BCUT2D eigenvalue weighted by Crippen LogP contribution is -2.28. The van der Waals surface area contributed by atoms with Crippen LogP contribution in [0.25, 0.3) is 0 Å². The van der Waals surface area contributed by atoms with Gasteiger partial charge in [0.05, 0.1) is 7.11 Å². The zero-order valence-electron chi connectivity index (χ0n) is 13.4. The molecule has 0 bridgehead atoms. The molecule has 6 nitrogen and oxygen atoms in total. The molecule has 0 saturated heterocycles. The summed E-state index contributed by atoms with van der Waals surface area (Å²) < 4.78 is 5.26. The molecule has 2 aromatic rings.